The van der Waals surface area contributed by atoms with Crippen LogP contribution in [0.5, 0.6) is 0 Å². The highest BCUT2D eigenvalue weighted by Crippen LogP contribution is 2.27. The van der Waals surface area contributed by atoms with Gasteiger partial charge in [0.1, 0.15) is 5.82 Å². The summed E-state index contributed by atoms with van der Waals surface area (Å²) in [6.07, 6.45) is 0. The molecule has 0 spiro atoms. The van der Waals surface area contributed by atoms with Gasteiger partial charge in [-0.25, -0.2) is 4.39 Å². The summed E-state index contributed by atoms with van der Waals surface area (Å²) in [5.41, 5.74) is 1.90. The molecule has 0 fully saturated rings. The molecule has 0 aliphatic rings. The van der Waals surface area contributed by atoms with Gasteiger partial charge in [-0.05, 0) is 57.9 Å². The van der Waals surface area contributed by atoms with Crippen LogP contribution >= 0.6 is 27.5 Å². The summed E-state index contributed by atoms with van der Waals surface area (Å²) < 4.78 is 14.1. The quantitative estimate of drug-likeness (QED) is 0.830. The van der Waals surface area contributed by atoms with Crippen molar-refractivity contribution in [2.75, 3.05) is 6.54 Å². The van der Waals surface area contributed by atoms with E-state index in [4.69, 9.17) is 11.6 Å². The van der Waals surface area contributed by atoms with E-state index in [0.717, 1.165) is 17.7 Å². The number of hydrogen-bond donors (Lipinski definition) is 1. The lowest BCUT2D eigenvalue weighted by molar-refractivity contribution is 0.599. The third-order valence-corrected chi connectivity index (χ3v) is 3.75. The number of hydrogen-bond acceptors (Lipinski definition) is 1. The van der Waals surface area contributed by atoms with E-state index >= 15 is 0 Å². The van der Waals surface area contributed by atoms with Gasteiger partial charge in [0.25, 0.3) is 0 Å². The Morgan fingerprint density at radius 3 is 2.58 bits per heavy atom. The van der Waals surface area contributed by atoms with E-state index in [1.165, 1.54) is 6.07 Å². The molecular weight excluding hydrogens is 329 g/mol. The highest BCUT2D eigenvalue weighted by molar-refractivity contribution is 9.10. The zero-order valence-electron chi connectivity index (χ0n) is 10.5. The minimum atomic E-state index is -0.262. The van der Waals surface area contributed by atoms with Crippen molar-refractivity contribution in [1.82, 2.24) is 5.32 Å². The van der Waals surface area contributed by atoms with Crippen LogP contribution in [0.1, 0.15) is 24.1 Å². The summed E-state index contributed by atoms with van der Waals surface area (Å²) in [6.45, 7) is 2.81. The van der Waals surface area contributed by atoms with Gasteiger partial charge in [-0.15, -0.1) is 0 Å². The van der Waals surface area contributed by atoms with Crippen molar-refractivity contribution in [2.45, 2.75) is 13.0 Å². The van der Waals surface area contributed by atoms with Crippen LogP contribution in [0.2, 0.25) is 5.02 Å². The van der Waals surface area contributed by atoms with E-state index in [1.807, 2.05) is 37.3 Å². The van der Waals surface area contributed by atoms with Crippen molar-refractivity contribution < 1.29 is 4.39 Å². The Morgan fingerprint density at radius 2 is 1.95 bits per heavy atom. The molecule has 0 saturated heterocycles. The fraction of sp³-hybridized carbons (Fsp3) is 0.200. The monoisotopic (exact) mass is 341 g/mol. The molecule has 0 aliphatic heterocycles. The molecule has 0 aliphatic carbocycles. The zero-order valence-corrected chi connectivity index (χ0v) is 12.8. The molecular formula is C15H14BrClFN. The maximum absolute atomic E-state index is 13.7. The van der Waals surface area contributed by atoms with Crippen molar-refractivity contribution in [2.24, 2.45) is 0 Å². The van der Waals surface area contributed by atoms with Gasteiger partial charge >= 0.3 is 0 Å². The first-order valence-electron chi connectivity index (χ1n) is 6.05. The van der Waals surface area contributed by atoms with Gasteiger partial charge in [0.05, 0.1) is 10.5 Å². The van der Waals surface area contributed by atoms with Gasteiger partial charge < -0.3 is 5.32 Å². The van der Waals surface area contributed by atoms with Crippen LogP contribution < -0.4 is 5.32 Å². The summed E-state index contributed by atoms with van der Waals surface area (Å²) in [6, 6.07) is 12.7. The molecule has 19 heavy (non-hydrogen) atoms. The first-order valence-corrected chi connectivity index (χ1v) is 7.22. The van der Waals surface area contributed by atoms with Gasteiger partial charge in [0.2, 0.25) is 0 Å². The van der Waals surface area contributed by atoms with Crippen LogP contribution in [-0.4, -0.2) is 6.54 Å². The molecule has 0 saturated carbocycles. The Morgan fingerprint density at radius 1 is 1.21 bits per heavy atom. The number of benzene rings is 2. The van der Waals surface area contributed by atoms with E-state index in [1.54, 1.807) is 6.07 Å². The maximum atomic E-state index is 13.7. The zero-order chi connectivity index (χ0) is 13.8. The first kappa shape index (κ1) is 14.5. The molecule has 2 aromatic rings. The van der Waals surface area contributed by atoms with Crippen molar-refractivity contribution in [1.29, 1.82) is 0 Å². The number of rotatable bonds is 4. The molecule has 1 nitrogen and oxygen atoms in total. The summed E-state index contributed by atoms with van der Waals surface area (Å²) in [5.74, 6) is -0.262. The van der Waals surface area contributed by atoms with Gasteiger partial charge in [-0.3, -0.25) is 0 Å². The normalized spacial score (nSPS) is 12.4. The molecule has 0 bridgehead atoms. The smallest absolute Gasteiger partial charge is 0.137 e. The number of nitrogens with one attached hydrogen (secondary N) is 1. The molecule has 2 aromatic carbocycles. The fourth-order valence-electron chi connectivity index (χ4n) is 2.01. The third-order valence-electron chi connectivity index (χ3n) is 2.87. The van der Waals surface area contributed by atoms with Gasteiger partial charge in [-0.2, -0.15) is 0 Å². The van der Waals surface area contributed by atoms with Crippen molar-refractivity contribution in [3.8, 4) is 0 Å². The minimum Gasteiger partial charge on any atom is -0.307 e. The van der Waals surface area contributed by atoms with Gasteiger partial charge in [-0.1, -0.05) is 36.7 Å². The molecule has 100 valence electrons. The summed E-state index contributed by atoms with van der Waals surface area (Å²) in [5, 5.41) is 4.03. The van der Waals surface area contributed by atoms with Crippen LogP contribution in [0.3, 0.4) is 0 Å². The van der Waals surface area contributed by atoms with E-state index < -0.39 is 0 Å². The Labute approximate surface area is 125 Å². The topological polar surface area (TPSA) is 12.0 Å². The lowest BCUT2D eigenvalue weighted by atomic mass is 9.98. The van der Waals surface area contributed by atoms with Crippen LogP contribution in [0.4, 0.5) is 4.39 Å². The molecule has 1 unspecified atom stereocenters. The predicted molar refractivity (Wildman–Crippen MR) is 81.1 cm³/mol. The Balaban J connectivity index is 2.42. The first-order chi connectivity index (χ1) is 9.11. The molecule has 1 atom stereocenters. The molecule has 0 amide bonds. The van der Waals surface area contributed by atoms with E-state index in [9.17, 15) is 4.39 Å². The standard InChI is InChI=1S/C15H14BrClFN/c1-2-19-15(10-4-3-5-12(17)8-10)11-6-7-13(16)14(18)9-11/h3-9,15,19H,2H2,1H3. The largest absolute Gasteiger partial charge is 0.307 e. The van der Waals surface area contributed by atoms with Crippen LogP contribution in [0, 0.1) is 5.82 Å². The molecule has 2 rings (SSSR count). The summed E-state index contributed by atoms with van der Waals surface area (Å²) in [4.78, 5) is 0. The fourth-order valence-corrected chi connectivity index (χ4v) is 2.46. The van der Waals surface area contributed by atoms with E-state index in [-0.39, 0.29) is 11.9 Å². The SMILES string of the molecule is CCNC(c1cccc(Cl)c1)c1ccc(Br)c(F)c1. The lowest BCUT2D eigenvalue weighted by Gasteiger charge is -2.19. The average molecular weight is 343 g/mol. The maximum Gasteiger partial charge on any atom is 0.137 e. The lowest BCUT2D eigenvalue weighted by Crippen LogP contribution is -2.22. The Hall–Kier alpha value is -0.900. The number of halogens is 3. The molecule has 1 N–H and O–H groups in total. The molecule has 0 radical (unpaired) electrons. The highest BCUT2D eigenvalue weighted by atomic mass is 79.9. The van der Waals surface area contributed by atoms with Crippen molar-refractivity contribution in [3.63, 3.8) is 0 Å². The van der Waals surface area contributed by atoms with Gasteiger partial charge in [0, 0.05) is 5.02 Å². The third kappa shape index (κ3) is 3.56. The second-order valence-corrected chi connectivity index (χ2v) is 5.51. The van der Waals surface area contributed by atoms with Crippen molar-refractivity contribution in [3.05, 3.63) is 68.9 Å². The summed E-state index contributed by atoms with van der Waals surface area (Å²) in [7, 11) is 0. The highest BCUT2D eigenvalue weighted by Gasteiger charge is 2.14. The second kappa shape index (κ2) is 6.51. The van der Waals surface area contributed by atoms with Crippen LogP contribution in [0.15, 0.2) is 46.9 Å². The molecule has 4 heteroatoms. The van der Waals surface area contributed by atoms with Crippen LogP contribution in [-0.2, 0) is 0 Å². The average Bonchev–Trinajstić information content (AvgIpc) is 2.39. The molecule has 0 aromatic heterocycles. The van der Waals surface area contributed by atoms with E-state index in [2.05, 4.69) is 21.2 Å². The minimum absolute atomic E-state index is 0.0636. The predicted octanol–water partition coefficient (Wildman–Crippen LogP) is 4.94. The second-order valence-electron chi connectivity index (χ2n) is 4.22. The summed E-state index contributed by atoms with van der Waals surface area (Å²) >= 11 is 9.19. The Kier molecular flexibility index (Phi) is 4.97. The van der Waals surface area contributed by atoms with Crippen molar-refractivity contribution >= 4 is 27.5 Å². The Bertz CT molecular complexity index is 574. The van der Waals surface area contributed by atoms with Gasteiger partial charge in [0.15, 0.2) is 0 Å². The van der Waals surface area contributed by atoms with E-state index in [0.29, 0.717) is 9.50 Å². The van der Waals surface area contributed by atoms with Crippen LogP contribution in [0.25, 0.3) is 0 Å². The molecule has 0 heterocycles.